The van der Waals surface area contributed by atoms with Crippen LogP contribution in [-0.4, -0.2) is 46.9 Å². The summed E-state index contributed by atoms with van der Waals surface area (Å²) in [6, 6.07) is 1.67. The van der Waals surface area contributed by atoms with E-state index in [9.17, 15) is 9.59 Å². The van der Waals surface area contributed by atoms with Gasteiger partial charge < -0.3 is 15.2 Å². The van der Waals surface area contributed by atoms with Gasteiger partial charge in [0, 0.05) is 19.0 Å². The molecule has 0 aromatic carbocycles. The highest BCUT2D eigenvalue weighted by molar-refractivity contribution is 5.79. The van der Waals surface area contributed by atoms with Crippen LogP contribution in [0.5, 0.6) is 0 Å². The van der Waals surface area contributed by atoms with Crippen molar-refractivity contribution in [1.82, 2.24) is 15.5 Å². The minimum Gasteiger partial charge on any atom is -0.479 e. The Morgan fingerprint density at radius 1 is 1.69 bits per heavy atom. The van der Waals surface area contributed by atoms with Gasteiger partial charge in [-0.1, -0.05) is 0 Å². The molecule has 0 radical (unpaired) electrons. The molecule has 1 heterocycles. The van der Waals surface area contributed by atoms with Crippen LogP contribution < -0.4 is 5.32 Å². The number of carbonyl (C=O) groups is 2. The third kappa shape index (κ3) is 3.70. The van der Waals surface area contributed by atoms with Gasteiger partial charge in [-0.2, -0.15) is 5.10 Å². The number of hydrogen-bond donors (Lipinski definition) is 3. The molecule has 0 aliphatic rings. The highest BCUT2D eigenvalue weighted by Crippen LogP contribution is 1.93. The number of nitrogens with zero attached hydrogens (tertiary/aromatic N) is 1. The average Bonchev–Trinajstić information content (AvgIpc) is 2.70. The SMILES string of the molecule is COC(CNC(=O)Cc1ccn[nH]1)C(=O)O. The van der Waals surface area contributed by atoms with Crippen molar-refractivity contribution in [1.29, 1.82) is 0 Å². The number of rotatable bonds is 6. The molecule has 1 aromatic rings. The van der Waals surface area contributed by atoms with Crippen molar-refractivity contribution in [3.8, 4) is 0 Å². The van der Waals surface area contributed by atoms with Crippen molar-refractivity contribution in [2.24, 2.45) is 0 Å². The number of carboxylic acid groups (broad SMARTS) is 1. The Morgan fingerprint density at radius 2 is 2.44 bits per heavy atom. The number of ether oxygens (including phenoxy) is 1. The van der Waals surface area contributed by atoms with Crippen molar-refractivity contribution in [3.63, 3.8) is 0 Å². The third-order valence-electron chi connectivity index (χ3n) is 1.95. The van der Waals surface area contributed by atoms with Crippen LogP contribution in [0.4, 0.5) is 0 Å². The monoisotopic (exact) mass is 227 g/mol. The highest BCUT2D eigenvalue weighted by Gasteiger charge is 2.17. The molecular weight excluding hydrogens is 214 g/mol. The van der Waals surface area contributed by atoms with Crippen LogP contribution >= 0.6 is 0 Å². The first-order valence-electron chi connectivity index (χ1n) is 4.64. The maximum atomic E-state index is 11.3. The molecule has 1 rings (SSSR count). The van der Waals surface area contributed by atoms with E-state index in [2.05, 4.69) is 20.3 Å². The Bertz CT molecular complexity index is 350. The van der Waals surface area contributed by atoms with E-state index < -0.39 is 12.1 Å². The number of nitrogens with one attached hydrogen (secondary N) is 2. The number of carboxylic acids is 1. The van der Waals surface area contributed by atoms with Crippen LogP contribution in [0.3, 0.4) is 0 Å². The molecule has 0 aliphatic carbocycles. The molecule has 1 atom stereocenters. The molecule has 3 N–H and O–H groups in total. The number of amides is 1. The molecule has 0 bridgehead atoms. The second-order valence-electron chi connectivity index (χ2n) is 3.13. The molecule has 0 fully saturated rings. The van der Waals surface area contributed by atoms with Crippen molar-refractivity contribution < 1.29 is 19.4 Å². The second kappa shape index (κ2) is 5.86. The van der Waals surface area contributed by atoms with Gasteiger partial charge in [-0.05, 0) is 6.07 Å². The number of aromatic nitrogens is 2. The maximum absolute atomic E-state index is 11.3. The van der Waals surface area contributed by atoms with Crippen molar-refractivity contribution >= 4 is 11.9 Å². The standard InChI is InChI=1S/C9H13N3O4/c1-16-7(9(14)15)5-10-8(13)4-6-2-3-11-12-6/h2-3,7H,4-5H2,1H3,(H,10,13)(H,11,12)(H,14,15). The van der Waals surface area contributed by atoms with Gasteiger partial charge in [-0.15, -0.1) is 0 Å². The van der Waals surface area contributed by atoms with Gasteiger partial charge in [0.1, 0.15) is 0 Å². The number of aliphatic carboxylic acids is 1. The molecule has 0 aliphatic heterocycles. The summed E-state index contributed by atoms with van der Waals surface area (Å²) < 4.78 is 4.66. The molecule has 1 unspecified atom stereocenters. The van der Waals surface area contributed by atoms with Crippen LogP contribution in [0.15, 0.2) is 12.3 Å². The summed E-state index contributed by atoms with van der Waals surface area (Å²) in [5.41, 5.74) is 0.668. The van der Waals surface area contributed by atoms with E-state index in [1.807, 2.05) is 0 Å². The Balaban J connectivity index is 2.32. The second-order valence-corrected chi connectivity index (χ2v) is 3.13. The van der Waals surface area contributed by atoms with Crippen molar-refractivity contribution in [3.05, 3.63) is 18.0 Å². The van der Waals surface area contributed by atoms with Gasteiger partial charge >= 0.3 is 5.97 Å². The van der Waals surface area contributed by atoms with E-state index in [1.165, 1.54) is 13.3 Å². The zero-order chi connectivity index (χ0) is 12.0. The molecule has 1 aromatic heterocycles. The number of methoxy groups -OCH3 is 1. The van der Waals surface area contributed by atoms with Gasteiger partial charge in [0.25, 0.3) is 0 Å². The smallest absolute Gasteiger partial charge is 0.334 e. The lowest BCUT2D eigenvalue weighted by atomic mass is 10.3. The predicted molar refractivity (Wildman–Crippen MR) is 53.7 cm³/mol. The number of carbonyl (C=O) groups excluding carboxylic acids is 1. The summed E-state index contributed by atoms with van der Waals surface area (Å²) in [5, 5.41) is 17.4. The Labute approximate surface area is 91.8 Å². The predicted octanol–water partition coefficient (Wildman–Crippen LogP) is -0.832. The lowest BCUT2D eigenvalue weighted by molar-refractivity contribution is -0.148. The summed E-state index contributed by atoms with van der Waals surface area (Å²) in [6.07, 6.45) is 0.652. The fourth-order valence-electron chi connectivity index (χ4n) is 1.10. The lowest BCUT2D eigenvalue weighted by Gasteiger charge is -2.10. The number of aromatic amines is 1. The summed E-state index contributed by atoms with van der Waals surface area (Å²) >= 11 is 0. The average molecular weight is 227 g/mol. The molecule has 7 heteroatoms. The minimum absolute atomic E-state index is 0.0567. The Kier molecular flexibility index (Phi) is 4.46. The number of hydrogen-bond acceptors (Lipinski definition) is 4. The third-order valence-corrected chi connectivity index (χ3v) is 1.95. The molecule has 1 amide bonds. The maximum Gasteiger partial charge on any atom is 0.334 e. The fourth-order valence-corrected chi connectivity index (χ4v) is 1.10. The largest absolute Gasteiger partial charge is 0.479 e. The van der Waals surface area contributed by atoms with Crippen molar-refractivity contribution in [2.75, 3.05) is 13.7 Å². The molecule has 0 saturated carbocycles. The molecule has 0 saturated heterocycles. The Morgan fingerprint density at radius 3 is 2.94 bits per heavy atom. The number of H-pyrrole nitrogens is 1. The quantitative estimate of drug-likeness (QED) is 0.588. The van der Waals surface area contributed by atoms with E-state index in [4.69, 9.17) is 5.11 Å². The fraction of sp³-hybridized carbons (Fsp3) is 0.444. The van der Waals surface area contributed by atoms with Gasteiger partial charge in [0.2, 0.25) is 5.91 Å². The van der Waals surface area contributed by atoms with Gasteiger partial charge in [-0.25, -0.2) is 4.79 Å². The zero-order valence-corrected chi connectivity index (χ0v) is 8.77. The summed E-state index contributed by atoms with van der Waals surface area (Å²) in [4.78, 5) is 21.9. The minimum atomic E-state index is -1.11. The summed E-state index contributed by atoms with van der Waals surface area (Å²) in [5.74, 6) is -1.39. The van der Waals surface area contributed by atoms with E-state index in [0.717, 1.165) is 0 Å². The van der Waals surface area contributed by atoms with Crippen LogP contribution in [0.2, 0.25) is 0 Å². The van der Waals surface area contributed by atoms with E-state index in [-0.39, 0.29) is 18.9 Å². The Hall–Kier alpha value is -1.89. The lowest BCUT2D eigenvalue weighted by Crippen LogP contribution is -2.38. The van der Waals surface area contributed by atoms with Crippen molar-refractivity contribution in [2.45, 2.75) is 12.5 Å². The van der Waals surface area contributed by atoms with E-state index in [0.29, 0.717) is 5.69 Å². The van der Waals surface area contributed by atoms with Crippen LogP contribution in [0.25, 0.3) is 0 Å². The molecule has 0 spiro atoms. The molecular formula is C9H13N3O4. The van der Waals surface area contributed by atoms with Crippen LogP contribution in [0, 0.1) is 0 Å². The zero-order valence-electron chi connectivity index (χ0n) is 8.77. The van der Waals surface area contributed by atoms with E-state index >= 15 is 0 Å². The normalized spacial score (nSPS) is 12.1. The van der Waals surface area contributed by atoms with Crippen LogP contribution in [-0.2, 0) is 20.7 Å². The molecule has 88 valence electrons. The first-order valence-corrected chi connectivity index (χ1v) is 4.64. The first kappa shape index (κ1) is 12.2. The van der Waals surface area contributed by atoms with E-state index in [1.54, 1.807) is 6.07 Å². The molecule has 16 heavy (non-hydrogen) atoms. The molecule has 7 nitrogen and oxygen atoms in total. The highest BCUT2D eigenvalue weighted by atomic mass is 16.5. The van der Waals surface area contributed by atoms with Gasteiger partial charge in [-0.3, -0.25) is 9.89 Å². The van der Waals surface area contributed by atoms with Crippen LogP contribution in [0.1, 0.15) is 5.69 Å². The summed E-state index contributed by atoms with van der Waals surface area (Å²) in [7, 11) is 1.28. The van der Waals surface area contributed by atoms with Gasteiger partial charge in [0.05, 0.1) is 13.0 Å². The summed E-state index contributed by atoms with van der Waals surface area (Å²) in [6.45, 7) is -0.0567. The van der Waals surface area contributed by atoms with Gasteiger partial charge in [0.15, 0.2) is 6.10 Å². The topological polar surface area (TPSA) is 104 Å². The first-order chi connectivity index (χ1) is 7.63.